The maximum Gasteiger partial charge on any atom is 0.181 e. The van der Waals surface area contributed by atoms with Gasteiger partial charge in [-0.3, -0.25) is 4.68 Å². The standard InChI is InChI=1S/C8H6ClIN4/c1-14-3-2-6(13-14)8-11-4-5(10)7(9)12-8/h2-4H,1H3. The van der Waals surface area contributed by atoms with Gasteiger partial charge in [-0.15, -0.1) is 0 Å². The molecule has 0 N–H and O–H groups in total. The Bertz CT molecular complexity index is 468. The normalized spacial score (nSPS) is 10.5. The Morgan fingerprint density at radius 1 is 1.50 bits per heavy atom. The number of hydrogen-bond donors (Lipinski definition) is 0. The minimum Gasteiger partial charge on any atom is -0.275 e. The van der Waals surface area contributed by atoms with Gasteiger partial charge in [-0.1, -0.05) is 11.6 Å². The first-order valence-electron chi connectivity index (χ1n) is 3.85. The van der Waals surface area contributed by atoms with E-state index in [1.54, 1.807) is 10.9 Å². The molecule has 0 atom stereocenters. The fraction of sp³-hybridized carbons (Fsp3) is 0.125. The largest absolute Gasteiger partial charge is 0.275 e. The Balaban J connectivity index is 2.47. The van der Waals surface area contributed by atoms with Crippen LogP contribution in [0.5, 0.6) is 0 Å². The SMILES string of the molecule is Cn1ccc(-c2ncc(I)c(Cl)n2)n1. The van der Waals surface area contributed by atoms with Gasteiger partial charge in [0.2, 0.25) is 0 Å². The van der Waals surface area contributed by atoms with Crippen LogP contribution in [0, 0.1) is 3.57 Å². The van der Waals surface area contributed by atoms with Gasteiger partial charge < -0.3 is 0 Å². The Kier molecular flexibility index (Phi) is 2.69. The van der Waals surface area contributed by atoms with Crippen LogP contribution in [0.1, 0.15) is 0 Å². The van der Waals surface area contributed by atoms with E-state index in [-0.39, 0.29) is 0 Å². The molecule has 0 saturated carbocycles. The van der Waals surface area contributed by atoms with Crippen molar-refractivity contribution in [1.82, 2.24) is 19.7 Å². The maximum absolute atomic E-state index is 5.88. The fourth-order valence-corrected chi connectivity index (χ4v) is 1.39. The zero-order valence-corrected chi connectivity index (χ0v) is 10.2. The van der Waals surface area contributed by atoms with Crippen LogP contribution >= 0.6 is 34.2 Å². The summed E-state index contributed by atoms with van der Waals surface area (Å²) in [5, 5.41) is 4.64. The van der Waals surface area contributed by atoms with Crippen LogP contribution in [0.4, 0.5) is 0 Å². The van der Waals surface area contributed by atoms with Gasteiger partial charge in [0.1, 0.15) is 10.8 Å². The van der Waals surface area contributed by atoms with E-state index in [0.717, 1.165) is 9.26 Å². The lowest BCUT2D eigenvalue weighted by atomic mass is 10.4. The summed E-state index contributed by atoms with van der Waals surface area (Å²) in [5.74, 6) is 0.552. The Labute approximate surface area is 99.5 Å². The molecule has 4 nitrogen and oxygen atoms in total. The van der Waals surface area contributed by atoms with E-state index >= 15 is 0 Å². The van der Waals surface area contributed by atoms with Crippen LogP contribution in [0.3, 0.4) is 0 Å². The van der Waals surface area contributed by atoms with Gasteiger partial charge in [-0.25, -0.2) is 9.97 Å². The highest BCUT2D eigenvalue weighted by atomic mass is 127. The van der Waals surface area contributed by atoms with Gasteiger partial charge in [0, 0.05) is 19.4 Å². The summed E-state index contributed by atoms with van der Waals surface area (Å²) in [7, 11) is 1.85. The highest BCUT2D eigenvalue weighted by molar-refractivity contribution is 14.1. The van der Waals surface area contributed by atoms with Gasteiger partial charge in [0.15, 0.2) is 5.82 Å². The summed E-state index contributed by atoms with van der Waals surface area (Å²) in [6.45, 7) is 0. The molecule has 2 aromatic heterocycles. The Hall–Kier alpha value is -0.690. The molecule has 0 saturated heterocycles. The number of rotatable bonds is 1. The highest BCUT2D eigenvalue weighted by Gasteiger charge is 2.06. The van der Waals surface area contributed by atoms with Crippen molar-refractivity contribution < 1.29 is 0 Å². The molecule has 0 amide bonds. The predicted octanol–water partition coefficient (Wildman–Crippen LogP) is 2.14. The monoisotopic (exact) mass is 320 g/mol. The third-order valence-electron chi connectivity index (χ3n) is 1.64. The molecule has 2 aromatic rings. The van der Waals surface area contributed by atoms with E-state index in [1.165, 1.54) is 0 Å². The molecule has 14 heavy (non-hydrogen) atoms. The number of halogens is 2. The lowest BCUT2D eigenvalue weighted by molar-refractivity contribution is 0.768. The number of hydrogen-bond acceptors (Lipinski definition) is 3. The molecule has 0 aliphatic heterocycles. The van der Waals surface area contributed by atoms with Crippen molar-refractivity contribution in [3.63, 3.8) is 0 Å². The molecule has 2 rings (SSSR count). The molecule has 0 aliphatic carbocycles. The van der Waals surface area contributed by atoms with E-state index in [0.29, 0.717) is 11.0 Å². The Morgan fingerprint density at radius 2 is 2.29 bits per heavy atom. The van der Waals surface area contributed by atoms with Gasteiger partial charge in [-0.2, -0.15) is 5.10 Å². The first kappa shape index (κ1) is 9.85. The molecule has 0 aliphatic rings. The summed E-state index contributed by atoms with van der Waals surface area (Å²) in [6.07, 6.45) is 3.52. The van der Waals surface area contributed by atoms with E-state index in [4.69, 9.17) is 11.6 Å². The second-order valence-electron chi connectivity index (χ2n) is 2.71. The van der Waals surface area contributed by atoms with E-state index < -0.39 is 0 Å². The minimum absolute atomic E-state index is 0.459. The zero-order chi connectivity index (χ0) is 10.1. The molecule has 0 bridgehead atoms. The van der Waals surface area contributed by atoms with Crippen LogP contribution in [0.2, 0.25) is 5.15 Å². The molecular formula is C8H6ClIN4. The summed E-state index contributed by atoms with van der Waals surface area (Å²) >= 11 is 7.96. The summed E-state index contributed by atoms with van der Waals surface area (Å²) in [6, 6.07) is 1.85. The summed E-state index contributed by atoms with van der Waals surface area (Å²) in [5.41, 5.74) is 0.728. The molecule has 0 radical (unpaired) electrons. The van der Waals surface area contributed by atoms with Crippen molar-refractivity contribution in [1.29, 1.82) is 0 Å². The maximum atomic E-state index is 5.88. The Morgan fingerprint density at radius 3 is 2.86 bits per heavy atom. The summed E-state index contributed by atoms with van der Waals surface area (Å²) in [4.78, 5) is 8.27. The van der Waals surface area contributed by atoms with Crippen molar-refractivity contribution in [3.05, 3.63) is 27.2 Å². The predicted molar refractivity (Wildman–Crippen MR) is 62.0 cm³/mol. The highest BCUT2D eigenvalue weighted by Crippen LogP contribution is 2.18. The average Bonchev–Trinajstić information content (AvgIpc) is 2.57. The van der Waals surface area contributed by atoms with Crippen LogP contribution in [0.25, 0.3) is 11.5 Å². The topological polar surface area (TPSA) is 43.6 Å². The lowest BCUT2D eigenvalue weighted by Crippen LogP contribution is -1.93. The second kappa shape index (κ2) is 3.82. The van der Waals surface area contributed by atoms with Crippen molar-refractivity contribution in [2.75, 3.05) is 0 Å². The van der Waals surface area contributed by atoms with Gasteiger partial charge in [0.25, 0.3) is 0 Å². The first-order valence-corrected chi connectivity index (χ1v) is 5.30. The fourth-order valence-electron chi connectivity index (χ4n) is 1.00. The molecular weight excluding hydrogens is 314 g/mol. The quantitative estimate of drug-likeness (QED) is 0.597. The molecule has 0 unspecified atom stereocenters. The number of aryl methyl sites for hydroxylation is 1. The van der Waals surface area contributed by atoms with E-state index in [2.05, 4.69) is 37.7 Å². The molecule has 0 aromatic carbocycles. The number of aromatic nitrogens is 4. The average molecular weight is 321 g/mol. The van der Waals surface area contributed by atoms with Crippen molar-refractivity contribution in [3.8, 4) is 11.5 Å². The first-order chi connectivity index (χ1) is 6.66. The van der Waals surface area contributed by atoms with Crippen LogP contribution in [0.15, 0.2) is 18.5 Å². The third-order valence-corrected chi connectivity index (χ3v) is 3.04. The second-order valence-corrected chi connectivity index (χ2v) is 4.23. The van der Waals surface area contributed by atoms with E-state index in [1.807, 2.05) is 19.3 Å². The zero-order valence-electron chi connectivity index (χ0n) is 7.28. The third kappa shape index (κ3) is 1.88. The smallest absolute Gasteiger partial charge is 0.181 e. The van der Waals surface area contributed by atoms with E-state index in [9.17, 15) is 0 Å². The van der Waals surface area contributed by atoms with Crippen molar-refractivity contribution in [2.24, 2.45) is 7.05 Å². The lowest BCUT2D eigenvalue weighted by Gasteiger charge is -1.97. The molecule has 6 heteroatoms. The van der Waals surface area contributed by atoms with Crippen molar-refractivity contribution in [2.45, 2.75) is 0 Å². The number of nitrogens with zero attached hydrogens (tertiary/aromatic N) is 4. The van der Waals surface area contributed by atoms with Crippen LogP contribution < -0.4 is 0 Å². The molecule has 2 heterocycles. The minimum atomic E-state index is 0.459. The summed E-state index contributed by atoms with van der Waals surface area (Å²) < 4.78 is 2.54. The molecule has 0 fully saturated rings. The van der Waals surface area contributed by atoms with Gasteiger partial charge in [-0.05, 0) is 28.7 Å². The molecule has 0 spiro atoms. The van der Waals surface area contributed by atoms with Crippen LogP contribution in [-0.4, -0.2) is 19.7 Å². The van der Waals surface area contributed by atoms with Crippen molar-refractivity contribution >= 4 is 34.2 Å². The van der Waals surface area contributed by atoms with Gasteiger partial charge >= 0.3 is 0 Å². The van der Waals surface area contributed by atoms with Crippen LogP contribution in [-0.2, 0) is 7.05 Å². The van der Waals surface area contributed by atoms with Gasteiger partial charge in [0.05, 0.1) is 3.57 Å². The molecule has 72 valence electrons.